The minimum atomic E-state index is -0.263. The second-order valence-electron chi connectivity index (χ2n) is 6.71. The van der Waals surface area contributed by atoms with Crippen molar-refractivity contribution >= 4 is 18.3 Å². The Balaban J connectivity index is 0.00000261. The maximum absolute atomic E-state index is 13.4. The van der Waals surface area contributed by atoms with Crippen LogP contribution >= 0.6 is 12.4 Å². The molecule has 1 atom stereocenters. The average molecular weight is 397 g/mol. The lowest BCUT2D eigenvalue weighted by Gasteiger charge is -2.28. The molecule has 1 N–H and O–H groups in total. The fourth-order valence-corrected chi connectivity index (χ4v) is 3.27. The summed E-state index contributed by atoms with van der Waals surface area (Å²) in [5, 5.41) is 7.26. The molecule has 1 amide bonds. The van der Waals surface area contributed by atoms with Gasteiger partial charge in [-0.15, -0.1) is 12.4 Å². The Kier molecular flexibility index (Phi) is 7.74. The van der Waals surface area contributed by atoms with Crippen LogP contribution in [0.5, 0.6) is 0 Å². The Bertz CT molecular complexity index is 762. The van der Waals surface area contributed by atoms with E-state index in [-0.39, 0.29) is 30.2 Å². The highest BCUT2D eigenvalue weighted by Gasteiger charge is 2.26. The summed E-state index contributed by atoms with van der Waals surface area (Å²) in [6.07, 6.45) is 2.70. The number of nitrogens with one attached hydrogen (secondary N) is 1. The number of nitrogens with zero attached hydrogens (tertiary/aromatic N) is 3. The molecular weight excluding hydrogens is 371 g/mol. The highest BCUT2D eigenvalue weighted by molar-refractivity contribution is 5.85. The van der Waals surface area contributed by atoms with Crippen LogP contribution < -0.4 is 5.32 Å². The number of hydrogen-bond donors (Lipinski definition) is 1. The maximum atomic E-state index is 13.4. The van der Waals surface area contributed by atoms with Crippen LogP contribution in [0.15, 0.2) is 22.7 Å². The highest BCUT2D eigenvalue weighted by atomic mass is 35.5. The molecule has 0 radical (unpaired) electrons. The monoisotopic (exact) mass is 396 g/mol. The molecule has 3 rings (SSSR count). The van der Waals surface area contributed by atoms with Crippen molar-refractivity contribution in [3.8, 4) is 11.4 Å². The van der Waals surface area contributed by atoms with Crippen molar-refractivity contribution in [2.24, 2.45) is 0 Å². The normalized spacial score (nSPS) is 16.2. The van der Waals surface area contributed by atoms with Crippen molar-refractivity contribution in [3.05, 3.63) is 35.5 Å². The Hall–Kier alpha value is -1.99. The molecule has 148 valence electrons. The first-order valence-electron chi connectivity index (χ1n) is 9.17. The van der Waals surface area contributed by atoms with Gasteiger partial charge in [0.1, 0.15) is 5.82 Å². The molecule has 2 heterocycles. The van der Waals surface area contributed by atoms with Crippen molar-refractivity contribution in [2.75, 3.05) is 19.6 Å². The number of aromatic nitrogens is 2. The van der Waals surface area contributed by atoms with Gasteiger partial charge in [0.05, 0.1) is 0 Å². The number of hydrogen-bond acceptors (Lipinski definition) is 5. The number of amides is 1. The topological polar surface area (TPSA) is 71.3 Å². The lowest BCUT2D eigenvalue weighted by molar-refractivity contribution is -0.133. The van der Waals surface area contributed by atoms with Crippen LogP contribution in [0, 0.1) is 12.7 Å². The first-order valence-corrected chi connectivity index (χ1v) is 9.17. The Morgan fingerprint density at radius 3 is 2.93 bits per heavy atom. The molecule has 1 aliphatic rings. The van der Waals surface area contributed by atoms with Crippen LogP contribution in [-0.4, -0.2) is 46.6 Å². The van der Waals surface area contributed by atoms with E-state index in [1.165, 1.54) is 6.07 Å². The maximum Gasteiger partial charge on any atom is 0.227 e. The number of rotatable bonds is 7. The van der Waals surface area contributed by atoms with E-state index in [1.807, 2.05) is 4.90 Å². The van der Waals surface area contributed by atoms with Gasteiger partial charge in [0.15, 0.2) is 0 Å². The number of carbonyl (C=O) groups is 1. The second kappa shape index (κ2) is 9.80. The fourth-order valence-electron chi connectivity index (χ4n) is 3.27. The molecule has 0 bridgehead atoms. The van der Waals surface area contributed by atoms with Gasteiger partial charge in [-0.25, -0.2) is 4.39 Å². The van der Waals surface area contributed by atoms with Crippen LogP contribution in [0.3, 0.4) is 0 Å². The minimum Gasteiger partial charge on any atom is -0.339 e. The Morgan fingerprint density at radius 2 is 2.26 bits per heavy atom. The summed E-state index contributed by atoms with van der Waals surface area (Å²) in [5.74, 6) is 0.704. The SMILES string of the molecule is CCCN(C(=O)CCc1nc(-c2ccc(F)c(C)c2)no1)C1CCNC1.Cl. The number of carbonyl (C=O) groups excluding carboxylic acids is 1. The molecule has 0 saturated carbocycles. The quantitative estimate of drug-likeness (QED) is 0.778. The first kappa shape index (κ1) is 21.3. The van der Waals surface area contributed by atoms with Gasteiger partial charge in [0.25, 0.3) is 0 Å². The molecule has 0 aliphatic carbocycles. The van der Waals surface area contributed by atoms with Crippen LogP contribution in [0.2, 0.25) is 0 Å². The summed E-state index contributed by atoms with van der Waals surface area (Å²) in [6, 6.07) is 4.98. The standard InChI is InChI=1S/C19H25FN4O2.ClH/c1-3-10-24(15-8-9-21-12-15)18(25)7-6-17-22-19(23-26-17)14-4-5-16(20)13(2)11-14;/h4-5,11,15,21H,3,6-10,12H2,1-2H3;1H. The lowest BCUT2D eigenvalue weighted by Crippen LogP contribution is -2.42. The van der Waals surface area contributed by atoms with E-state index in [0.717, 1.165) is 32.5 Å². The molecule has 1 aromatic carbocycles. The number of aryl methyl sites for hydroxylation is 2. The molecule has 6 nitrogen and oxygen atoms in total. The summed E-state index contributed by atoms with van der Waals surface area (Å²) in [6.45, 7) is 6.37. The summed E-state index contributed by atoms with van der Waals surface area (Å²) in [5.41, 5.74) is 1.24. The van der Waals surface area contributed by atoms with E-state index in [0.29, 0.717) is 35.7 Å². The van der Waals surface area contributed by atoms with Gasteiger partial charge in [-0.3, -0.25) is 4.79 Å². The van der Waals surface area contributed by atoms with Gasteiger partial charge < -0.3 is 14.7 Å². The first-order chi connectivity index (χ1) is 12.6. The smallest absolute Gasteiger partial charge is 0.227 e. The van der Waals surface area contributed by atoms with E-state index >= 15 is 0 Å². The van der Waals surface area contributed by atoms with E-state index in [4.69, 9.17) is 4.52 Å². The second-order valence-corrected chi connectivity index (χ2v) is 6.71. The van der Waals surface area contributed by atoms with Crippen molar-refractivity contribution in [1.29, 1.82) is 0 Å². The molecule has 8 heteroatoms. The summed E-state index contributed by atoms with van der Waals surface area (Å²) >= 11 is 0. The molecule has 1 fully saturated rings. The zero-order chi connectivity index (χ0) is 18.5. The van der Waals surface area contributed by atoms with Crippen molar-refractivity contribution < 1.29 is 13.7 Å². The van der Waals surface area contributed by atoms with Crippen molar-refractivity contribution in [3.63, 3.8) is 0 Å². The van der Waals surface area contributed by atoms with E-state index in [9.17, 15) is 9.18 Å². The number of halogens is 2. The van der Waals surface area contributed by atoms with E-state index in [2.05, 4.69) is 22.4 Å². The fraction of sp³-hybridized carbons (Fsp3) is 0.526. The molecule has 27 heavy (non-hydrogen) atoms. The molecule has 0 spiro atoms. The minimum absolute atomic E-state index is 0. The van der Waals surface area contributed by atoms with Crippen LogP contribution in [0.25, 0.3) is 11.4 Å². The van der Waals surface area contributed by atoms with Gasteiger partial charge >= 0.3 is 0 Å². The summed E-state index contributed by atoms with van der Waals surface area (Å²) in [7, 11) is 0. The van der Waals surface area contributed by atoms with Gasteiger partial charge in [-0.2, -0.15) is 4.98 Å². The summed E-state index contributed by atoms with van der Waals surface area (Å²) < 4.78 is 18.7. The zero-order valence-electron chi connectivity index (χ0n) is 15.7. The van der Waals surface area contributed by atoms with Gasteiger partial charge in [0.2, 0.25) is 17.6 Å². The third-order valence-electron chi connectivity index (χ3n) is 4.70. The summed E-state index contributed by atoms with van der Waals surface area (Å²) in [4.78, 5) is 18.9. The van der Waals surface area contributed by atoms with Crippen LogP contribution in [0.1, 0.15) is 37.6 Å². The lowest BCUT2D eigenvalue weighted by atomic mass is 10.1. The third-order valence-corrected chi connectivity index (χ3v) is 4.70. The number of benzene rings is 1. The predicted octanol–water partition coefficient (Wildman–Crippen LogP) is 3.14. The van der Waals surface area contributed by atoms with Gasteiger partial charge in [-0.05, 0) is 50.1 Å². The largest absolute Gasteiger partial charge is 0.339 e. The molecule has 2 aromatic rings. The molecule has 1 unspecified atom stereocenters. The average Bonchev–Trinajstić information content (AvgIpc) is 3.32. The molecule has 1 aliphatic heterocycles. The zero-order valence-corrected chi connectivity index (χ0v) is 16.5. The predicted molar refractivity (Wildman–Crippen MR) is 103 cm³/mol. The van der Waals surface area contributed by atoms with Crippen molar-refractivity contribution in [2.45, 2.75) is 45.6 Å². The highest BCUT2D eigenvalue weighted by Crippen LogP contribution is 2.20. The molecular formula is C19H26ClFN4O2. The van der Waals surface area contributed by atoms with Gasteiger partial charge in [-0.1, -0.05) is 12.1 Å². The molecule has 1 aromatic heterocycles. The van der Waals surface area contributed by atoms with E-state index < -0.39 is 0 Å². The Morgan fingerprint density at radius 1 is 1.44 bits per heavy atom. The van der Waals surface area contributed by atoms with Crippen LogP contribution in [0.4, 0.5) is 4.39 Å². The van der Waals surface area contributed by atoms with E-state index in [1.54, 1.807) is 19.1 Å². The third kappa shape index (κ3) is 5.26. The van der Waals surface area contributed by atoms with Crippen LogP contribution in [-0.2, 0) is 11.2 Å². The molecule has 1 saturated heterocycles. The van der Waals surface area contributed by atoms with Gasteiger partial charge in [0, 0.05) is 37.5 Å². The van der Waals surface area contributed by atoms with Crippen molar-refractivity contribution in [1.82, 2.24) is 20.4 Å². The Labute approximate surface area is 164 Å².